The smallest absolute Gasteiger partial charge is 0.239 e. The van der Waals surface area contributed by atoms with Gasteiger partial charge in [0.25, 0.3) is 0 Å². The van der Waals surface area contributed by atoms with Crippen molar-refractivity contribution in [3.63, 3.8) is 0 Å². The molecule has 3 aromatic rings. The highest BCUT2D eigenvalue weighted by Gasteiger charge is 2.16. The highest BCUT2D eigenvalue weighted by molar-refractivity contribution is 6.39. The first kappa shape index (κ1) is 22.8. The second kappa shape index (κ2) is 9.96. The Hall–Kier alpha value is -2.87. The molecule has 0 aliphatic heterocycles. The minimum Gasteiger partial charge on any atom is -0.322 e. The normalized spacial score (nSPS) is 10.9. The molecule has 0 bridgehead atoms. The first-order valence-corrected chi connectivity index (χ1v) is 10.3. The lowest BCUT2D eigenvalue weighted by Gasteiger charge is -2.17. The lowest BCUT2D eigenvalue weighted by atomic mass is 10.2. The number of hydrogen-bond donors (Lipinski definition) is 2. The molecule has 3 rings (SSSR count). The maximum Gasteiger partial charge on any atom is 0.239 e. The first-order chi connectivity index (χ1) is 14.7. The maximum atomic E-state index is 12.6. The van der Waals surface area contributed by atoms with Gasteiger partial charge in [0.05, 0.1) is 40.2 Å². The molecule has 0 aliphatic carbocycles. The number of rotatable bonds is 7. The van der Waals surface area contributed by atoms with E-state index in [0.717, 1.165) is 16.9 Å². The van der Waals surface area contributed by atoms with Gasteiger partial charge in [0.1, 0.15) is 5.82 Å². The van der Waals surface area contributed by atoms with Crippen molar-refractivity contribution in [1.82, 2.24) is 14.7 Å². The van der Waals surface area contributed by atoms with Gasteiger partial charge in [-0.15, -0.1) is 0 Å². The molecule has 0 fully saturated rings. The predicted octanol–water partition coefficient (Wildman–Crippen LogP) is 4.30. The van der Waals surface area contributed by atoms with Crippen LogP contribution in [0, 0.1) is 13.8 Å². The number of hydrogen-bond acceptors (Lipinski definition) is 4. The van der Waals surface area contributed by atoms with E-state index < -0.39 is 0 Å². The summed E-state index contributed by atoms with van der Waals surface area (Å²) >= 11 is 12.2. The van der Waals surface area contributed by atoms with Gasteiger partial charge < -0.3 is 10.6 Å². The van der Waals surface area contributed by atoms with Crippen LogP contribution in [0.4, 0.5) is 11.5 Å². The monoisotopic (exact) mass is 459 g/mol. The van der Waals surface area contributed by atoms with E-state index in [1.165, 1.54) is 0 Å². The molecule has 1 aromatic heterocycles. The van der Waals surface area contributed by atoms with Crippen molar-refractivity contribution >= 4 is 46.5 Å². The van der Waals surface area contributed by atoms with Gasteiger partial charge in [-0.1, -0.05) is 47.5 Å². The lowest BCUT2D eigenvalue weighted by molar-refractivity contribution is -0.119. The zero-order valence-corrected chi connectivity index (χ0v) is 19.0. The molecule has 0 unspecified atom stereocenters. The Labute approximate surface area is 190 Å². The van der Waals surface area contributed by atoms with Gasteiger partial charge in [0.2, 0.25) is 11.8 Å². The van der Waals surface area contributed by atoms with Crippen molar-refractivity contribution < 1.29 is 9.59 Å². The number of aryl methyl sites for hydroxylation is 2. The Balaban J connectivity index is 1.61. The third kappa shape index (κ3) is 5.85. The molecule has 9 heteroatoms. The summed E-state index contributed by atoms with van der Waals surface area (Å²) in [5.41, 5.74) is 3.05. The summed E-state index contributed by atoms with van der Waals surface area (Å²) in [5.74, 6) is -0.0237. The zero-order chi connectivity index (χ0) is 22.5. The quantitative estimate of drug-likeness (QED) is 0.551. The molecule has 7 nitrogen and oxygen atoms in total. The molecule has 2 aromatic carbocycles. The van der Waals surface area contributed by atoms with Crippen molar-refractivity contribution in [2.24, 2.45) is 0 Å². The number of para-hydroxylation sites is 2. The third-order valence-electron chi connectivity index (χ3n) is 4.50. The van der Waals surface area contributed by atoms with Crippen LogP contribution >= 0.6 is 23.2 Å². The molecule has 0 saturated carbocycles. The van der Waals surface area contributed by atoms with Crippen LogP contribution in [0.2, 0.25) is 10.0 Å². The van der Waals surface area contributed by atoms with Crippen LogP contribution in [0.15, 0.2) is 48.5 Å². The van der Waals surface area contributed by atoms with Crippen LogP contribution in [-0.4, -0.2) is 46.6 Å². The van der Waals surface area contributed by atoms with Crippen molar-refractivity contribution in [2.45, 2.75) is 13.8 Å². The summed E-state index contributed by atoms with van der Waals surface area (Å²) in [5, 5.41) is 10.7. The first-order valence-electron chi connectivity index (χ1n) is 9.59. The molecule has 2 amide bonds. The lowest BCUT2D eigenvalue weighted by Crippen LogP contribution is -2.36. The van der Waals surface area contributed by atoms with Crippen LogP contribution in [0.3, 0.4) is 0 Å². The average Bonchev–Trinajstić information content (AvgIpc) is 3.04. The van der Waals surface area contributed by atoms with E-state index in [1.807, 2.05) is 38.1 Å². The number of anilines is 2. The summed E-state index contributed by atoms with van der Waals surface area (Å²) in [6.45, 7) is 3.85. The van der Waals surface area contributed by atoms with Crippen LogP contribution < -0.4 is 10.6 Å². The molecule has 31 heavy (non-hydrogen) atoms. The second-order valence-electron chi connectivity index (χ2n) is 7.23. The number of amides is 2. The Kier molecular flexibility index (Phi) is 7.33. The third-order valence-corrected chi connectivity index (χ3v) is 5.13. The van der Waals surface area contributed by atoms with E-state index in [2.05, 4.69) is 15.7 Å². The number of likely N-dealkylation sites (N-methyl/N-ethyl adjacent to an activating group) is 1. The van der Waals surface area contributed by atoms with Crippen LogP contribution in [0.1, 0.15) is 11.3 Å². The fraction of sp³-hybridized carbons (Fsp3) is 0.227. The van der Waals surface area contributed by atoms with Gasteiger partial charge in [-0.05, 0) is 44.7 Å². The number of benzene rings is 2. The summed E-state index contributed by atoms with van der Waals surface area (Å²) in [7, 11) is 1.68. The fourth-order valence-corrected chi connectivity index (χ4v) is 3.59. The Morgan fingerprint density at radius 2 is 1.58 bits per heavy atom. The molecule has 0 radical (unpaired) electrons. The molecular formula is C22H23Cl2N5O2. The Bertz CT molecular complexity index is 1090. The number of halogens is 2. The van der Waals surface area contributed by atoms with Gasteiger partial charge in [-0.3, -0.25) is 14.5 Å². The highest BCUT2D eigenvalue weighted by atomic mass is 35.5. The van der Waals surface area contributed by atoms with Gasteiger partial charge in [-0.2, -0.15) is 5.10 Å². The highest BCUT2D eigenvalue weighted by Crippen LogP contribution is 2.29. The zero-order valence-electron chi connectivity index (χ0n) is 17.4. The average molecular weight is 460 g/mol. The van der Waals surface area contributed by atoms with Crippen LogP contribution in [0.25, 0.3) is 5.69 Å². The van der Waals surface area contributed by atoms with E-state index in [1.54, 1.807) is 40.9 Å². The molecule has 0 saturated heterocycles. The minimum absolute atomic E-state index is 0.00887. The maximum absolute atomic E-state index is 12.6. The molecule has 1 heterocycles. The second-order valence-corrected chi connectivity index (χ2v) is 8.05. The van der Waals surface area contributed by atoms with E-state index in [-0.39, 0.29) is 24.9 Å². The van der Waals surface area contributed by atoms with Crippen LogP contribution in [-0.2, 0) is 9.59 Å². The fourth-order valence-electron chi connectivity index (χ4n) is 3.10. The molecular weight excluding hydrogens is 437 g/mol. The van der Waals surface area contributed by atoms with E-state index in [4.69, 9.17) is 23.2 Å². The summed E-state index contributed by atoms with van der Waals surface area (Å²) in [6.07, 6.45) is 0. The van der Waals surface area contributed by atoms with Crippen molar-refractivity contribution in [3.8, 4) is 5.69 Å². The van der Waals surface area contributed by atoms with Gasteiger partial charge in [0.15, 0.2) is 0 Å². The van der Waals surface area contributed by atoms with E-state index >= 15 is 0 Å². The molecule has 0 aliphatic rings. The molecule has 0 atom stereocenters. The standard InChI is InChI=1S/C22H23Cl2N5O2/c1-14-7-4-5-10-18(14)29-19(11-15(2)27-29)25-20(30)12-28(3)13-21(31)26-22-16(23)8-6-9-17(22)24/h4-11H,12-13H2,1-3H3,(H,25,30)(H,26,31). The largest absolute Gasteiger partial charge is 0.322 e. The number of carbonyl (C=O) groups excluding carboxylic acids is 2. The van der Waals surface area contributed by atoms with E-state index in [0.29, 0.717) is 21.6 Å². The Morgan fingerprint density at radius 3 is 2.23 bits per heavy atom. The van der Waals surface area contributed by atoms with Gasteiger partial charge >= 0.3 is 0 Å². The van der Waals surface area contributed by atoms with Crippen molar-refractivity contribution in [2.75, 3.05) is 30.8 Å². The topological polar surface area (TPSA) is 79.3 Å². The SMILES string of the molecule is Cc1cc(NC(=O)CN(C)CC(=O)Nc2c(Cl)cccc2Cl)n(-c2ccccc2C)n1. The summed E-state index contributed by atoms with van der Waals surface area (Å²) in [4.78, 5) is 26.5. The van der Waals surface area contributed by atoms with Gasteiger partial charge in [0, 0.05) is 6.07 Å². The molecule has 0 spiro atoms. The number of nitrogens with zero attached hydrogens (tertiary/aromatic N) is 3. The van der Waals surface area contributed by atoms with Gasteiger partial charge in [-0.25, -0.2) is 4.68 Å². The summed E-state index contributed by atoms with van der Waals surface area (Å²) < 4.78 is 1.70. The van der Waals surface area contributed by atoms with E-state index in [9.17, 15) is 9.59 Å². The minimum atomic E-state index is -0.328. The molecule has 2 N–H and O–H groups in total. The number of aromatic nitrogens is 2. The Morgan fingerprint density at radius 1 is 0.968 bits per heavy atom. The number of nitrogens with one attached hydrogen (secondary N) is 2. The molecule has 162 valence electrons. The summed E-state index contributed by atoms with van der Waals surface area (Å²) in [6, 6.07) is 14.6. The van der Waals surface area contributed by atoms with Crippen LogP contribution in [0.5, 0.6) is 0 Å². The van der Waals surface area contributed by atoms with Crippen molar-refractivity contribution in [1.29, 1.82) is 0 Å². The van der Waals surface area contributed by atoms with Crippen molar-refractivity contribution in [3.05, 3.63) is 69.8 Å². The predicted molar refractivity (Wildman–Crippen MR) is 124 cm³/mol. The number of carbonyl (C=O) groups is 2.